The van der Waals surface area contributed by atoms with E-state index in [9.17, 15) is 9.59 Å². The average molecular weight is 362 g/mol. The fourth-order valence-electron chi connectivity index (χ4n) is 2.16. The summed E-state index contributed by atoms with van der Waals surface area (Å²) in [5.74, 6) is -0.160. The molecular formula is C16H18N4O4S. The lowest BCUT2D eigenvalue weighted by Crippen LogP contribution is -2.24. The molecule has 1 unspecified atom stereocenters. The van der Waals surface area contributed by atoms with Gasteiger partial charge in [-0.2, -0.15) is 10.4 Å². The first-order valence-corrected chi connectivity index (χ1v) is 8.36. The molecule has 2 rings (SSSR count). The van der Waals surface area contributed by atoms with Crippen LogP contribution in [0.1, 0.15) is 28.3 Å². The third-order valence-electron chi connectivity index (χ3n) is 3.25. The van der Waals surface area contributed by atoms with Gasteiger partial charge in [0.2, 0.25) is 0 Å². The van der Waals surface area contributed by atoms with E-state index in [1.807, 2.05) is 6.07 Å². The summed E-state index contributed by atoms with van der Waals surface area (Å²) in [5.41, 5.74) is 0.304. The lowest BCUT2D eigenvalue weighted by molar-refractivity contribution is -0.142. The average Bonchev–Trinajstić information content (AvgIpc) is 3.21. The van der Waals surface area contributed by atoms with E-state index >= 15 is 0 Å². The zero-order valence-electron chi connectivity index (χ0n) is 13.9. The quantitative estimate of drug-likeness (QED) is 0.653. The molecule has 0 aliphatic heterocycles. The van der Waals surface area contributed by atoms with Gasteiger partial charge in [0.1, 0.15) is 30.1 Å². The summed E-state index contributed by atoms with van der Waals surface area (Å²) in [4.78, 5) is 25.5. The molecule has 0 amide bonds. The minimum absolute atomic E-state index is 0.0845. The van der Waals surface area contributed by atoms with Crippen molar-refractivity contribution in [3.63, 3.8) is 0 Å². The maximum absolute atomic E-state index is 12.4. The fraction of sp³-hybridized carbons (Fsp3) is 0.375. The summed E-state index contributed by atoms with van der Waals surface area (Å²) in [7, 11) is 1.44. The topological polar surface area (TPSA) is 117 Å². The van der Waals surface area contributed by atoms with Crippen LogP contribution < -0.4 is 5.32 Å². The number of rotatable bonds is 9. The van der Waals surface area contributed by atoms with Crippen LogP contribution in [0.25, 0.3) is 0 Å². The Morgan fingerprint density at radius 3 is 2.96 bits per heavy atom. The van der Waals surface area contributed by atoms with Crippen molar-refractivity contribution in [2.45, 2.75) is 19.4 Å². The van der Waals surface area contributed by atoms with Crippen LogP contribution in [0.4, 0.5) is 5.82 Å². The van der Waals surface area contributed by atoms with Crippen LogP contribution >= 0.6 is 11.3 Å². The number of ether oxygens (including phenoxy) is 2. The number of nitrogens with zero attached hydrogens (tertiary/aromatic N) is 2. The number of Topliss-reactive ketones (excluding diaryl/α,β-unsaturated/α-hetero) is 1. The monoisotopic (exact) mass is 362 g/mol. The number of aromatic amines is 1. The van der Waals surface area contributed by atoms with Crippen LogP contribution in [0.3, 0.4) is 0 Å². The summed E-state index contributed by atoms with van der Waals surface area (Å²) in [6.07, 6.45) is 1.53. The molecule has 1 atom stereocenters. The minimum atomic E-state index is -0.714. The van der Waals surface area contributed by atoms with Crippen LogP contribution in [0, 0.1) is 11.3 Å². The predicted molar refractivity (Wildman–Crippen MR) is 91.2 cm³/mol. The molecule has 0 aliphatic carbocycles. The second kappa shape index (κ2) is 8.96. The Kier molecular flexibility index (Phi) is 6.68. The zero-order valence-corrected chi connectivity index (χ0v) is 14.7. The first kappa shape index (κ1) is 18.6. The van der Waals surface area contributed by atoms with E-state index in [0.29, 0.717) is 22.9 Å². The van der Waals surface area contributed by atoms with Crippen molar-refractivity contribution in [3.05, 3.63) is 33.6 Å². The molecule has 2 N–H and O–H groups in total. The van der Waals surface area contributed by atoms with Gasteiger partial charge < -0.3 is 14.8 Å². The summed E-state index contributed by atoms with van der Waals surface area (Å²) in [6.45, 7) is 1.99. The number of H-pyrrole nitrogens is 1. The molecule has 9 heteroatoms. The van der Waals surface area contributed by atoms with Gasteiger partial charge in [0.15, 0.2) is 5.78 Å². The zero-order chi connectivity index (χ0) is 18.2. The fourth-order valence-corrected chi connectivity index (χ4v) is 3.23. The molecule has 132 valence electrons. The van der Waals surface area contributed by atoms with Gasteiger partial charge >= 0.3 is 5.97 Å². The van der Waals surface area contributed by atoms with Crippen LogP contribution in [0.5, 0.6) is 0 Å². The third-order valence-corrected chi connectivity index (χ3v) is 4.40. The number of carbonyl (C=O) groups excluding carboxylic acids is 2. The number of ketones is 1. The largest absolute Gasteiger partial charge is 0.466 e. The lowest BCUT2D eigenvalue weighted by Gasteiger charge is -2.16. The summed E-state index contributed by atoms with van der Waals surface area (Å²) in [6, 6.07) is 4.83. The summed E-state index contributed by atoms with van der Waals surface area (Å²) in [5, 5.41) is 18.5. The molecule has 0 fully saturated rings. The van der Waals surface area contributed by atoms with Crippen molar-refractivity contribution < 1.29 is 19.1 Å². The molecule has 0 radical (unpaired) electrons. The van der Waals surface area contributed by atoms with Gasteiger partial charge in [-0.05, 0) is 19.1 Å². The summed E-state index contributed by atoms with van der Waals surface area (Å²) >= 11 is 1.33. The molecule has 0 bridgehead atoms. The van der Waals surface area contributed by atoms with E-state index in [4.69, 9.17) is 14.7 Å². The first-order chi connectivity index (χ1) is 12.1. The Morgan fingerprint density at radius 1 is 1.48 bits per heavy atom. The number of nitrogens with one attached hydrogen (secondary N) is 2. The molecule has 0 spiro atoms. The number of carbonyl (C=O) groups is 2. The molecule has 2 heterocycles. The second-order valence-corrected chi connectivity index (χ2v) is 6.23. The molecule has 2 aromatic heterocycles. The van der Waals surface area contributed by atoms with Gasteiger partial charge in [-0.25, -0.2) is 0 Å². The number of nitriles is 1. The van der Waals surface area contributed by atoms with Crippen molar-refractivity contribution >= 4 is 28.9 Å². The van der Waals surface area contributed by atoms with Gasteiger partial charge in [-0.3, -0.25) is 14.7 Å². The summed E-state index contributed by atoms with van der Waals surface area (Å²) < 4.78 is 9.87. The highest BCUT2D eigenvalue weighted by Crippen LogP contribution is 2.28. The molecule has 8 nitrogen and oxygen atoms in total. The van der Waals surface area contributed by atoms with Crippen molar-refractivity contribution in [2.75, 3.05) is 25.6 Å². The van der Waals surface area contributed by atoms with Gasteiger partial charge in [0.25, 0.3) is 0 Å². The maximum Gasteiger partial charge on any atom is 0.311 e. The molecule has 25 heavy (non-hydrogen) atoms. The number of hydrogen-bond acceptors (Lipinski definition) is 8. The number of anilines is 1. The SMILES string of the molecule is CCOC(=O)Cc1ccc(C(Nc2[nH]ncc2C#N)C(=O)COC)s1. The smallest absolute Gasteiger partial charge is 0.311 e. The van der Waals surface area contributed by atoms with E-state index in [0.717, 1.165) is 4.88 Å². The number of esters is 1. The highest BCUT2D eigenvalue weighted by molar-refractivity contribution is 7.12. The molecule has 0 aliphatic rings. The predicted octanol–water partition coefficient (Wildman–Crippen LogP) is 1.82. The molecule has 0 aromatic carbocycles. The van der Waals surface area contributed by atoms with E-state index in [2.05, 4.69) is 15.5 Å². The minimum Gasteiger partial charge on any atom is -0.466 e. The lowest BCUT2D eigenvalue weighted by atomic mass is 10.1. The normalized spacial score (nSPS) is 11.6. The maximum atomic E-state index is 12.4. The van der Waals surface area contributed by atoms with Gasteiger partial charge in [-0.15, -0.1) is 11.3 Å². The Labute approximate surface area is 148 Å². The Morgan fingerprint density at radius 2 is 2.28 bits per heavy atom. The van der Waals surface area contributed by atoms with Gasteiger partial charge in [0.05, 0.1) is 19.2 Å². The number of aromatic nitrogens is 2. The van der Waals surface area contributed by atoms with E-state index in [1.165, 1.54) is 24.6 Å². The van der Waals surface area contributed by atoms with Crippen LogP contribution in [0.15, 0.2) is 18.3 Å². The van der Waals surface area contributed by atoms with Crippen LogP contribution in [-0.4, -0.2) is 42.3 Å². The van der Waals surface area contributed by atoms with Gasteiger partial charge in [-0.1, -0.05) is 0 Å². The number of methoxy groups -OCH3 is 1. The Hall–Kier alpha value is -2.70. The van der Waals surface area contributed by atoms with Crippen molar-refractivity contribution in [2.24, 2.45) is 0 Å². The van der Waals surface area contributed by atoms with E-state index in [-0.39, 0.29) is 24.8 Å². The van der Waals surface area contributed by atoms with Crippen LogP contribution in [-0.2, 0) is 25.5 Å². The molecule has 2 aromatic rings. The highest BCUT2D eigenvalue weighted by Gasteiger charge is 2.24. The van der Waals surface area contributed by atoms with Crippen molar-refractivity contribution in [1.29, 1.82) is 5.26 Å². The highest BCUT2D eigenvalue weighted by atomic mass is 32.1. The molecule has 0 saturated heterocycles. The Balaban J connectivity index is 2.21. The van der Waals surface area contributed by atoms with Crippen molar-refractivity contribution in [3.8, 4) is 6.07 Å². The molecule has 0 saturated carbocycles. The van der Waals surface area contributed by atoms with Crippen LogP contribution in [0.2, 0.25) is 0 Å². The number of hydrogen-bond donors (Lipinski definition) is 2. The standard InChI is InChI=1S/C16H18N4O4S/c1-3-24-14(22)6-11-4-5-13(25-11)15(12(21)9-23-2)19-16-10(7-17)8-18-20-16/h4-5,8,15H,3,6,9H2,1-2H3,(H2,18,19,20). The first-order valence-electron chi connectivity index (χ1n) is 7.54. The third kappa shape index (κ3) is 4.89. The second-order valence-electron chi connectivity index (χ2n) is 5.03. The van der Waals surface area contributed by atoms with E-state index in [1.54, 1.807) is 19.1 Å². The number of thiophene rings is 1. The molecular weight excluding hydrogens is 344 g/mol. The van der Waals surface area contributed by atoms with Gasteiger partial charge in [0, 0.05) is 16.9 Å². The van der Waals surface area contributed by atoms with E-state index < -0.39 is 6.04 Å². The Bertz CT molecular complexity index is 777. The van der Waals surface area contributed by atoms with Crippen molar-refractivity contribution in [1.82, 2.24) is 10.2 Å².